The highest BCUT2D eigenvalue weighted by atomic mass is 35.5. The fraction of sp³-hybridized carbons (Fsp3) is 0.333. The zero-order valence-electron chi connectivity index (χ0n) is 15.2. The second-order valence-corrected chi connectivity index (χ2v) is 7.71. The van der Waals surface area contributed by atoms with Crippen LogP contribution < -0.4 is 10.3 Å². The number of halogens is 1. The number of rotatable bonds is 4. The van der Waals surface area contributed by atoms with E-state index >= 15 is 0 Å². The van der Waals surface area contributed by atoms with E-state index in [0.29, 0.717) is 23.5 Å². The van der Waals surface area contributed by atoms with Crippen LogP contribution in [0.3, 0.4) is 0 Å². The predicted octanol–water partition coefficient (Wildman–Crippen LogP) is 3.49. The highest BCUT2D eigenvalue weighted by Crippen LogP contribution is 2.40. The van der Waals surface area contributed by atoms with E-state index in [-0.39, 0.29) is 11.5 Å². The summed E-state index contributed by atoms with van der Waals surface area (Å²) in [5.41, 5.74) is 2.71. The van der Waals surface area contributed by atoms with E-state index in [1.54, 1.807) is 24.7 Å². The summed E-state index contributed by atoms with van der Waals surface area (Å²) < 4.78 is 7.20. The van der Waals surface area contributed by atoms with Crippen LogP contribution >= 0.6 is 11.6 Å². The first-order valence-corrected chi connectivity index (χ1v) is 9.91. The monoisotopic (exact) mass is 394 g/mol. The van der Waals surface area contributed by atoms with Gasteiger partial charge in [-0.15, -0.1) is 0 Å². The van der Waals surface area contributed by atoms with Crippen LogP contribution in [0.4, 0.5) is 0 Å². The molecule has 2 heterocycles. The molecular weight excluding hydrogens is 376 g/mol. The molecule has 1 saturated carbocycles. The minimum atomic E-state index is -0.140. The standard InChI is InChI=1S/C21H19ClN4O2/c22-19-16(3-1-4-18(19)28-15-6-7-15)13-5-8-17-14(11-13)12-25-26(20(17)27)21-23-9-2-10-24-21/h1-4,9-10,12-13,15H,5-8,11H2. The highest BCUT2D eigenvalue weighted by Gasteiger charge is 2.28. The third-order valence-electron chi connectivity index (χ3n) is 5.37. The molecule has 142 valence electrons. The van der Waals surface area contributed by atoms with Gasteiger partial charge in [-0.25, -0.2) is 9.97 Å². The lowest BCUT2D eigenvalue weighted by Gasteiger charge is -2.25. The molecule has 6 nitrogen and oxygen atoms in total. The SMILES string of the molecule is O=c1c2c(cnn1-c1ncccn1)CC(c1cccc(OC3CC3)c1Cl)CC2. The van der Waals surface area contributed by atoms with Crippen molar-refractivity contribution in [1.82, 2.24) is 19.7 Å². The summed E-state index contributed by atoms with van der Waals surface area (Å²) >= 11 is 6.65. The Balaban J connectivity index is 1.45. The molecule has 1 atom stereocenters. The molecule has 0 spiro atoms. The van der Waals surface area contributed by atoms with Gasteiger partial charge < -0.3 is 4.74 Å². The lowest BCUT2D eigenvalue weighted by molar-refractivity contribution is 0.303. The van der Waals surface area contributed by atoms with E-state index in [1.807, 2.05) is 12.1 Å². The molecule has 1 aromatic carbocycles. The van der Waals surface area contributed by atoms with E-state index in [0.717, 1.165) is 48.1 Å². The minimum Gasteiger partial charge on any atom is -0.489 e. The zero-order chi connectivity index (χ0) is 19.1. The number of nitrogens with zero attached hydrogens (tertiary/aromatic N) is 4. The Bertz CT molecular complexity index is 1080. The quantitative estimate of drug-likeness (QED) is 0.677. The maximum Gasteiger partial charge on any atom is 0.277 e. The Kier molecular flexibility index (Phi) is 4.36. The van der Waals surface area contributed by atoms with E-state index in [1.165, 1.54) is 4.68 Å². The molecular formula is C21H19ClN4O2. The van der Waals surface area contributed by atoms with Crippen molar-refractivity contribution >= 4 is 11.6 Å². The maximum absolute atomic E-state index is 12.9. The van der Waals surface area contributed by atoms with Crippen molar-refractivity contribution < 1.29 is 4.74 Å². The number of hydrogen-bond donors (Lipinski definition) is 0. The van der Waals surface area contributed by atoms with Crippen molar-refractivity contribution in [1.29, 1.82) is 0 Å². The molecule has 0 aliphatic heterocycles. The highest BCUT2D eigenvalue weighted by molar-refractivity contribution is 6.32. The van der Waals surface area contributed by atoms with Gasteiger partial charge in [0.1, 0.15) is 5.75 Å². The molecule has 0 bridgehead atoms. The van der Waals surface area contributed by atoms with Gasteiger partial charge >= 0.3 is 0 Å². The van der Waals surface area contributed by atoms with Crippen molar-refractivity contribution in [3.63, 3.8) is 0 Å². The lowest BCUT2D eigenvalue weighted by Crippen LogP contribution is -2.30. The minimum absolute atomic E-state index is 0.140. The average Bonchev–Trinajstić information content (AvgIpc) is 3.54. The summed E-state index contributed by atoms with van der Waals surface area (Å²) in [5.74, 6) is 1.31. The number of hydrogen-bond acceptors (Lipinski definition) is 5. The van der Waals surface area contributed by atoms with Crippen LogP contribution in [0, 0.1) is 0 Å². The Morgan fingerprint density at radius 3 is 2.71 bits per heavy atom. The van der Waals surface area contributed by atoms with Crippen LogP contribution in [-0.4, -0.2) is 25.9 Å². The molecule has 1 fully saturated rings. The van der Waals surface area contributed by atoms with Crippen molar-refractivity contribution in [2.24, 2.45) is 0 Å². The van der Waals surface area contributed by atoms with Gasteiger partial charge in [0.25, 0.3) is 11.5 Å². The fourth-order valence-corrected chi connectivity index (χ4v) is 4.09. The van der Waals surface area contributed by atoms with Crippen LogP contribution in [0.15, 0.2) is 47.7 Å². The third kappa shape index (κ3) is 3.18. The number of aromatic nitrogens is 4. The van der Waals surface area contributed by atoms with Crippen molar-refractivity contribution in [2.75, 3.05) is 0 Å². The first-order chi connectivity index (χ1) is 13.7. The van der Waals surface area contributed by atoms with Gasteiger partial charge in [-0.3, -0.25) is 4.79 Å². The van der Waals surface area contributed by atoms with Crippen LogP contribution in [0.5, 0.6) is 5.75 Å². The van der Waals surface area contributed by atoms with Crippen LogP contribution in [0.25, 0.3) is 5.95 Å². The normalized spacial score (nSPS) is 18.5. The molecule has 1 unspecified atom stereocenters. The van der Waals surface area contributed by atoms with Crippen LogP contribution in [0.2, 0.25) is 5.02 Å². The Morgan fingerprint density at radius 1 is 1.11 bits per heavy atom. The summed E-state index contributed by atoms with van der Waals surface area (Å²) in [7, 11) is 0. The summed E-state index contributed by atoms with van der Waals surface area (Å²) in [5, 5.41) is 5.00. The largest absolute Gasteiger partial charge is 0.489 e. The first kappa shape index (κ1) is 17.4. The van der Waals surface area contributed by atoms with Gasteiger partial charge in [-0.05, 0) is 61.3 Å². The van der Waals surface area contributed by atoms with Gasteiger partial charge in [-0.1, -0.05) is 23.7 Å². The molecule has 28 heavy (non-hydrogen) atoms. The van der Waals surface area contributed by atoms with E-state index in [4.69, 9.17) is 16.3 Å². The topological polar surface area (TPSA) is 69.9 Å². The summed E-state index contributed by atoms with van der Waals surface area (Å²) in [4.78, 5) is 21.1. The van der Waals surface area contributed by atoms with Crippen molar-refractivity contribution in [3.05, 3.63) is 74.9 Å². The predicted molar refractivity (Wildman–Crippen MR) is 105 cm³/mol. The second-order valence-electron chi connectivity index (χ2n) is 7.33. The van der Waals surface area contributed by atoms with Crippen molar-refractivity contribution in [3.8, 4) is 11.7 Å². The number of benzene rings is 1. The second kappa shape index (κ2) is 7.02. The molecule has 7 heteroatoms. The van der Waals surface area contributed by atoms with Gasteiger partial charge in [-0.2, -0.15) is 9.78 Å². The maximum atomic E-state index is 12.9. The lowest BCUT2D eigenvalue weighted by atomic mass is 9.81. The smallest absolute Gasteiger partial charge is 0.277 e. The van der Waals surface area contributed by atoms with Gasteiger partial charge in [0.2, 0.25) is 0 Å². The van der Waals surface area contributed by atoms with Crippen LogP contribution in [-0.2, 0) is 12.8 Å². The molecule has 0 radical (unpaired) electrons. The van der Waals surface area contributed by atoms with Crippen LogP contribution in [0.1, 0.15) is 41.9 Å². The van der Waals surface area contributed by atoms with Gasteiger partial charge in [0, 0.05) is 18.0 Å². The molecule has 0 saturated heterocycles. The summed E-state index contributed by atoms with van der Waals surface area (Å²) in [6, 6.07) is 7.70. The molecule has 0 amide bonds. The first-order valence-electron chi connectivity index (χ1n) is 9.53. The molecule has 2 aliphatic rings. The Hall–Kier alpha value is -2.73. The van der Waals surface area contributed by atoms with Crippen molar-refractivity contribution in [2.45, 2.75) is 44.1 Å². The van der Waals surface area contributed by atoms with E-state index < -0.39 is 0 Å². The third-order valence-corrected chi connectivity index (χ3v) is 5.77. The molecule has 0 N–H and O–H groups in total. The Morgan fingerprint density at radius 2 is 1.93 bits per heavy atom. The molecule has 2 aromatic heterocycles. The molecule has 2 aliphatic carbocycles. The van der Waals surface area contributed by atoms with Gasteiger partial charge in [0.05, 0.1) is 17.3 Å². The molecule has 3 aromatic rings. The summed E-state index contributed by atoms with van der Waals surface area (Å²) in [6.07, 6.45) is 9.74. The number of fused-ring (bicyclic) bond motifs is 1. The Labute approximate surface area is 167 Å². The fourth-order valence-electron chi connectivity index (χ4n) is 3.76. The van der Waals surface area contributed by atoms with Gasteiger partial charge in [0.15, 0.2) is 0 Å². The summed E-state index contributed by atoms with van der Waals surface area (Å²) in [6.45, 7) is 0. The average molecular weight is 395 g/mol. The molecule has 5 rings (SSSR count). The number of ether oxygens (including phenoxy) is 1. The van der Waals surface area contributed by atoms with E-state index in [9.17, 15) is 4.79 Å². The zero-order valence-corrected chi connectivity index (χ0v) is 16.0. The van der Waals surface area contributed by atoms with E-state index in [2.05, 4.69) is 21.1 Å².